The molecule has 0 aliphatic carbocycles. The van der Waals surface area contributed by atoms with Crippen LogP contribution in [-0.4, -0.2) is 43.7 Å². The number of nitrogens with zero attached hydrogens (tertiary/aromatic N) is 2. The van der Waals surface area contributed by atoms with Crippen LogP contribution in [0.2, 0.25) is 0 Å². The van der Waals surface area contributed by atoms with Crippen molar-refractivity contribution < 1.29 is 13.6 Å². The molecule has 1 unspecified atom stereocenters. The van der Waals surface area contributed by atoms with Gasteiger partial charge >= 0.3 is 6.03 Å². The average molecular weight is 429 g/mol. The summed E-state index contributed by atoms with van der Waals surface area (Å²) in [5.74, 6) is -0.278. The highest BCUT2D eigenvalue weighted by Crippen LogP contribution is 2.31. The monoisotopic (exact) mass is 428 g/mol. The third kappa shape index (κ3) is 5.68. The van der Waals surface area contributed by atoms with Gasteiger partial charge in [-0.15, -0.1) is 0 Å². The normalized spacial score (nSPS) is 18.1. The zero-order valence-electron chi connectivity index (χ0n) is 17.8. The molecule has 1 aliphatic heterocycles. The van der Waals surface area contributed by atoms with Crippen molar-refractivity contribution in [1.29, 1.82) is 0 Å². The molecule has 1 aliphatic rings. The first-order valence-electron chi connectivity index (χ1n) is 10.3. The van der Waals surface area contributed by atoms with Crippen LogP contribution in [0.25, 0.3) is 0 Å². The van der Waals surface area contributed by atoms with E-state index in [1.54, 1.807) is 0 Å². The van der Waals surface area contributed by atoms with Crippen molar-refractivity contribution >= 4 is 17.1 Å². The van der Waals surface area contributed by atoms with Gasteiger partial charge in [0.15, 0.2) is 0 Å². The highest BCUT2D eigenvalue weighted by molar-refractivity contribution is 7.79. The Morgan fingerprint density at radius 2 is 1.77 bits per heavy atom. The van der Waals surface area contributed by atoms with Crippen LogP contribution in [0, 0.1) is 0 Å². The van der Waals surface area contributed by atoms with Crippen LogP contribution in [0.15, 0.2) is 54.6 Å². The van der Waals surface area contributed by atoms with Crippen LogP contribution in [0.5, 0.6) is 0 Å². The molecule has 162 valence electrons. The summed E-state index contributed by atoms with van der Waals surface area (Å²) in [6.45, 7) is 7.54. The lowest BCUT2D eigenvalue weighted by Gasteiger charge is -2.25. The van der Waals surface area contributed by atoms with E-state index in [-0.39, 0.29) is 23.4 Å². The minimum atomic E-state index is -2.26. The molecule has 2 aromatic carbocycles. The molecule has 7 heteroatoms. The van der Waals surface area contributed by atoms with E-state index in [9.17, 15) is 13.6 Å². The number of benzene rings is 2. The number of carbonyl (C=O) groups excluding carboxylic acids is 1. The Kier molecular flexibility index (Phi) is 7.28. The number of carbonyl (C=O) groups is 1. The van der Waals surface area contributed by atoms with Crippen LogP contribution < -0.4 is 5.43 Å². The molecule has 0 saturated carbocycles. The summed E-state index contributed by atoms with van der Waals surface area (Å²) < 4.78 is 21.9. The first kappa shape index (κ1) is 22.5. The van der Waals surface area contributed by atoms with Gasteiger partial charge in [-0.05, 0) is 46.0 Å². The molecule has 2 atom stereocenters. The number of urea groups is 1. The van der Waals surface area contributed by atoms with Gasteiger partial charge in [0.05, 0.1) is 18.5 Å². The zero-order chi connectivity index (χ0) is 21.7. The summed E-state index contributed by atoms with van der Waals surface area (Å²) in [6, 6.07) is 18.3. The highest BCUT2D eigenvalue weighted by Gasteiger charge is 2.37. The number of amides is 2. The predicted molar refractivity (Wildman–Crippen MR) is 118 cm³/mol. The van der Waals surface area contributed by atoms with E-state index in [1.165, 1.54) is 16.1 Å². The fourth-order valence-corrected chi connectivity index (χ4v) is 4.00. The molecule has 1 fully saturated rings. The predicted octanol–water partition coefficient (Wildman–Crippen LogP) is 3.74. The largest absolute Gasteiger partial charge is 0.771 e. The van der Waals surface area contributed by atoms with E-state index in [0.29, 0.717) is 13.1 Å². The molecule has 0 bridgehead atoms. The molecule has 1 heterocycles. The Hall–Kier alpha value is -2.22. The van der Waals surface area contributed by atoms with Crippen molar-refractivity contribution in [3.63, 3.8) is 0 Å². The Balaban J connectivity index is 1.74. The number of aryl methyl sites for hydroxylation is 1. The van der Waals surface area contributed by atoms with Crippen molar-refractivity contribution in [2.45, 2.75) is 45.1 Å². The van der Waals surface area contributed by atoms with Crippen LogP contribution in [-0.2, 0) is 22.9 Å². The third-order valence-electron chi connectivity index (χ3n) is 5.45. The second-order valence-corrected chi connectivity index (χ2v) is 9.57. The summed E-state index contributed by atoms with van der Waals surface area (Å²) in [5, 5.41) is 1.42. The number of nitrogens with one attached hydrogen (secondary N) is 1. The molecular formula is C23H30N3O3S-. The van der Waals surface area contributed by atoms with E-state index in [1.807, 2.05) is 23.1 Å². The molecule has 0 spiro atoms. The van der Waals surface area contributed by atoms with Gasteiger partial charge in [-0.1, -0.05) is 75.4 Å². The molecule has 0 radical (unpaired) electrons. The lowest BCUT2D eigenvalue weighted by molar-refractivity contribution is 0.174. The van der Waals surface area contributed by atoms with Gasteiger partial charge in [-0.3, -0.25) is 9.22 Å². The Labute approximate surface area is 181 Å². The molecule has 1 saturated heterocycles. The van der Waals surface area contributed by atoms with Gasteiger partial charge in [0.1, 0.15) is 0 Å². The van der Waals surface area contributed by atoms with Crippen molar-refractivity contribution in [2.24, 2.45) is 0 Å². The third-order valence-corrected chi connectivity index (χ3v) is 5.82. The smallest absolute Gasteiger partial charge is 0.335 e. The van der Waals surface area contributed by atoms with Crippen molar-refractivity contribution in [3.05, 3.63) is 71.3 Å². The van der Waals surface area contributed by atoms with E-state index >= 15 is 0 Å². The Morgan fingerprint density at radius 1 is 1.10 bits per heavy atom. The number of hydrogen-bond donors (Lipinski definition) is 1. The average Bonchev–Trinajstić information content (AvgIpc) is 3.02. The van der Waals surface area contributed by atoms with Gasteiger partial charge in [0.2, 0.25) is 0 Å². The topological polar surface area (TPSA) is 75.7 Å². The molecule has 0 aromatic heterocycles. The van der Waals surface area contributed by atoms with Crippen LogP contribution in [0.4, 0.5) is 4.79 Å². The van der Waals surface area contributed by atoms with Gasteiger partial charge in [0, 0.05) is 6.54 Å². The van der Waals surface area contributed by atoms with E-state index in [0.717, 1.165) is 18.4 Å². The standard InChI is InChI=1S/C23H31N3O3S/c1-23(2,3)20-13-11-19(12-14-20)21-16-26(24-17-30(28)29)22(27)25(21)15-7-10-18-8-5-4-6-9-18/h4-6,8-9,11-14,21,24H,7,10,15-17H2,1-3H3,(H,28,29)/p-1/t21-/m0/s1. The maximum Gasteiger partial charge on any atom is 0.335 e. The maximum atomic E-state index is 13.0. The first-order chi connectivity index (χ1) is 14.3. The van der Waals surface area contributed by atoms with Crippen molar-refractivity contribution in [2.75, 3.05) is 19.0 Å². The molecule has 6 nitrogen and oxygen atoms in total. The van der Waals surface area contributed by atoms with Crippen LogP contribution in [0.1, 0.15) is 49.9 Å². The number of hydrazine groups is 1. The molecule has 2 aromatic rings. The van der Waals surface area contributed by atoms with Crippen LogP contribution >= 0.6 is 0 Å². The molecule has 1 N–H and O–H groups in total. The lowest BCUT2D eigenvalue weighted by Crippen LogP contribution is -2.43. The number of hydrogen-bond acceptors (Lipinski definition) is 4. The summed E-state index contributed by atoms with van der Waals surface area (Å²) >= 11 is -2.26. The second kappa shape index (κ2) is 9.73. The van der Waals surface area contributed by atoms with E-state index < -0.39 is 11.1 Å². The molecule has 30 heavy (non-hydrogen) atoms. The zero-order valence-corrected chi connectivity index (χ0v) is 18.7. The summed E-state index contributed by atoms with van der Waals surface area (Å²) in [5.41, 5.74) is 6.33. The van der Waals surface area contributed by atoms with Gasteiger partial charge in [0.25, 0.3) is 0 Å². The fourth-order valence-electron chi connectivity index (χ4n) is 3.74. The molecule has 2 amide bonds. The summed E-state index contributed by atoms with van der Waals surface area (Å²) in [7, 11) is 0. The quantitative estimate of drug-likeness (QED) is 0.650. The minimum Gasteiger partial charge on any atom is -0.771 e. The van der Waals surface area contributed by atoms with Crippen molar-refractivity contribution in [1.82, 2.24) is 15.3 Å². The maximum absolute atomic E-state index is 13.0. The lowest BCUT2D eigenvalue weighted by atomic mass is 9.86. The van der Waals surface area contributed by atoms with Gasteiger partial charge in [-0.2, -0.15) is 0 Å². The Bertz CT molecular complexity index is 866. The second-order valence-electron chi connectivity index (χ2n) is 8.67. The SMILES string of the molecule is CC(C)(C)c1ccc([C@@H]2CN(NCS(=O)[O-])C(=O)N2CCCc2ccccc2)cc1. The molecule has 3 rings (SSSR count). The minimum absolute atomic E-state index is 0.0607. The Morgan fingerprint density at radius 3 is 2.37 bits per heavy atom. The molecular weight excluding hydrogens is 398 g/mol. The van der Waals surface area contributed by atoms with Crippen LogP contribution in [0.3, 0.4) is 0 Å². The number of rotatable bonds is 8. The van der Waals surface area contributed by atoms with Crippen molar-refractivity contribution in [3.8, 4) is 0 Å². The summed E-state index contributed by atoms with van der Waals surface area (Å²) in [4.78, 5) is 14.8. The van der Waals surface area contributed by atoms with E-state index in [2.05, 4.69) is 62.6 Å². The highest BCUT2D eigenvalue weighted by atomic mass is 32.2. The first-order valence-corrected chi connectivity index (χ1v) is 11.5. The fraction of sp³-hybridized carbons (Fsp3) is 0.435. The van der Waals surface area contributed by atoms with Gasteiger partial charge in [-0.25, -0.2) is 10.2 Å². The summed E-state index contributed by atoms with van der Waals surface area (Å²) in [6.07, 6.45) is 1.73. The van der Waals surface area contributed by atoms with Gasteiger partial charge < -0.3 is 9.45 Å². The van der Waals surface area contributed by atoms with E-state index in [4.69, 9.17) is 0 Å².